The minimum atomic E-state index is -0.287. The van der Waals surface area contributed by atoms with E-state index in [2.05, 4.69) is 13.8 Å². The third kappa shape index (κ3) is 3.85. The molecule has 0 saturated carbocycles. The Morgan fingerprint density at radius 2 is 1.70 bits per heavy atom. The predicted molar refractivity (Wildman–Crippen MR) is 43.8 cm³/mol. The number of nitrogens with two attached hydrogens (primary N) is 1. The van der Waals surface area contributed by atoms with Gasteiger partial charge < -0.3 is 10.8 Å². The van der Waals surface area contributed by atoms with Gasteiger partial charge in [-0.05, 0) is 12.8 Å². The fourth-order valence-electron chi connectivity index (χ4n) is 1.04. The first-order valence-electron chi connectivity index (χ1n) is 4.16. The second-order valence-electron chi connectivity index (χ2n) is 2.81. The van der Waals surface area contributed by atoms with Crippen LogP contribution >= 0.6 is 0 Å². The summed E-state index contributed by atoms with van der Waals surface area (Å²) in [6.45, 7) is 4.14. The van der Waals surface area contributed by atoms with Crippen molar-refractivity contribution in [2.75, 3.05) is 0 Å². The average Bonchev–Trinajstić information content (AvgIpc) is 1.89. The molecule has 2 atom stereocenters. The summed E-state index contributed by atoms with van der Waals surface area (Å²) in [6.07, 6.45) is 3.55. The van der Waals surface area contributed by atoms with E-state index in [4.69, 9.17) is 5.73 Å². The van der Waals surface area contributed by atoms with Crippen LogP contribution in [-0.4, -0.2) is 17.3 Å². The smallest absolute Gasteiger partial charge is 0.0691 e. The van der Waals surface area contributed by atoms with Crippen LogP contribution < -0.4 is 5.73 Å². The second-order valence-corrected chi connectivity index (χ2v) is 2.81. The quantitative estimate of drug-likeness (QED) is 0.612. The van der Waals surface area contributed by atoms with Gasteiger partial charge in [-0.15, -0.1) is 0 Å². The molecule has 0 bridgehead atoms. The Kier molecular flexibility index (Phi) is 5.64. The maximum Gasteiger partial charge on any atom is 0.0691 e. The lowest BCUT2D eigenvalue weighted by Gasteiger charge is -2.16. The molecule has 0 saturated heterocycles. The summed E-state index contributed by atoms with van der Waals surface area (Å²) in [5.41, 5.74) is 5.66. The summed E-state index contributed by atoms with van der Waals surface area (Å²) < 4.78 is 0. The molecule has 62 valence electrons. The van der Waals surface area contributed by atoms with Crippen molar-refractivity contribution < 1.29 is 5.11 Å². The van der Waals surface area contributed by atoms with E-state index < -0.39 is 0 Å². The van der Waals surface area contributed by atoms with E-state index in [1.54, 1.807) is 0 Å². The third-order valence-corrected chi connectivity index (χ3v) is 1.70. The molecule has 0 rings (SSSR count). The van der Waals surface area contributed by atoms with Crippen LogP contribution in [0.5, 0.6) is 0 Å². The second kappa shape index (κ2) is 5.69. The lowest BCUT2D eigenvalue weighted by molar-refractivity contribution is 0.130. The summed E-state index contributed by atoms with van der Waals surface area (Å²) in [5.74, 6) is 0. The maximum atomic E-state index is 9.32. The lowest BCUT2D eigenvalue weighted by Crippen LogP contribution is -2.34. The zero-order chi connectivity index (χ0) is 7.98. The van der Waals surface area contributed by atoms with Gasteiger partial charge in [0.25, 0.3) is 0 Å². The van der Waals surface area contributed by atoms with Gasteiger partial charge in [0.15, 0.2) is 0 Å². The molecule has 1 unspecified atom stereocenters. The van der Waals surface area contributed by atoms with Crippen LogP contribution in [0, 0.1) is 0 Å². The Labute approximate surface area is 63.4 Å². The highest BCUT2D eigenvalue weighted by atomic mass is 16.3. The normalized spacial score (nSPS) is 16.8. The van der Waals surface area contributed by atoms with Crippen molar-refractivity contribution >= 4 is 0 Å². The SMILES string of the molecule is CCCC(O)[C@@H](N)CCC. The summed E-state index contributed by atoms with van der Waals surface area (Å²) in [5, 5.41) is 9.32. The highest BCUT2D eigenvalue weighted by molar-refractivity contribution is 4.69. The Balaban J connectivity index is 3.38. The van der Waals surface area contributed by atoms with Crippen LogP contribution in [0.1, 0.15) is 39.5 Å². The van der Waals surface area contributed by atoms with Crippen molar-refractivity contribution in [3.05, 3.63) is 0 Å². The largest absolute Gasteiger partial charge is 0.392 e. The highest BCUT2D eigenvalue weighted by Crippen LogP contribution is 2.04. The fraction of sp³-hybridized carbons (Fsp3) is 1.00. The van der Waals surface area contributed by atoms with Gasteiger partial charge in [-0.25, -0.2) is 0 Å². The van der Waals surface area contributed by atoms with Crippen molar-refractivity contribution in [2.45, 2.75) is 51.7 Å². The van der Waals surface area contributed by atoms with Gasteiger partial charge in [0.1, 0.15) is 0 Å². The minimum absolute atomic E-state index is 0.00931. The van der Waals surface area contributed by atoms with Gasteiger partial charge in [0, 0.05) is 6.04 Å². The van der Waals surface area contributed by atoms with Crippen molar-refractivity contribution in [1.82, 2.24) is 0 Å². The molecule has 2 heteroatoms. The van der Waals surface area contributed by atoms with Gasteiger partial charge in [0.05, 0.1) is 6.10 Å². The van der Waals surface area contributed by atoms with E-state index in [0.29, 0.717) is 0 Å². The van der Waals surface area contributed by atoms with Gasteiger partial charge in [-0.2, -0.15) is 0 Å². The molecule has 0 aliphatic rings. The van der Waals surface area contributed by atoms with Crippen molar-refractivity contribution in [3.63, 3.8) is 0 Å². The van der Waals surface area contributed by atoms with Crippen LogP contribution in [-0.2, 0) is 0 Å². The summed E-state index contributed by atoms with van der Waals surface area (Å²) >= 11 is 0. The van der Waals surface area contributed by atoms with E-state index >= 15 is 0 Å². The fourth-order valence-corrected chi connectivity index (χ4v) is 1.04. The first-order valence-corrected chi connectivity index (χ1v) is 4.16. The first-order chi connectivity index (χ1) is 4.72. The van der Waals surface area contributed by atoms with Crippen LogP contribution in [0.3, 0.4) is 0 Å². The molecule has 2 nitrogen and oxygen atoms in total. The molecule has 10 heavy (non-hydrogen) atoms. The Morgan fingerprint density at radius 1 is 1.20 bits per heavy atom. The zero-order valence-corrected chi connectivity index (χ0v) is 7.01. The van der Waals surface area contributed by atoms with Gasteiger partial charge in [-0.3, -0.25) is 0 Å². The molecule has 0 aliphatic heterocycles. The molecule has 0 aromatic heterocycles. The molecule has 0 aliphatic carbocycles. The molecular weight excluding hydrogens is 126 g/mol. The molecule has 0 amide bonds. The van der Waals surface area contributed by atoms with E-state index in [0.717, 1.165) is 25.7 Å². The van der Waals surface area contributed by atoms with Crippen molar-refractivity contribution in [3.8, 4) is 0 Å². The van der Waals surface area contributed by atoms with E-state index in [9.17, 15) is 5.11 Å². The van der Waals surface area contributed by atoms with Crippen LogP contribution in [0.4, 0.5) is 0 Å². The van der Waals surface area contributed by atoms with Gasteiger partial charge in [0.2, 0.25) is 0 Å². The van der Waals surface area contributed by atoms with Crippen LogP contribution in [0.2, 0.25) is 0 Å². The van der Waals surface area contributed by atoms with Gasteiger partial charge in [-0.1, -0.05) is 26.7 Å². The number of aliphatic hydroxyl groups is 1. The number of hydrogen-bond acceptors (Lipinski definition) is 2. The first kappa shape index (κ1) is 9.92. The predicted octanol–water partition coefficient (Wildman–Crippen LogP) is 1.27. The maximum absolute atomic E-state index is 9.32. The number of aliphatic hydroxyl groups excluding tert-OH is 1. The van der Waals surface area contributed by atoms with E-state index in [-0.39, 0.29) is 12.1 Å². The molecule has 3 N–H and O–H groups in total. The Hall–Kier alpha value is -0.0800. The Bertz CT molecular complexity index is 65.7. The number of hydrogen-bond donors (Lipinski definition) is 2. The highest BCUT2D eigenvalue weighted by Gasteiger charge is 2.11. The average molecular weight is 145 g/mol. The standard InChI is InChI=1S/C8H19NO/c1-3-5-7(9)8(10)6-4-2/h7-8,10H,3-6,9H2,1-2H3/t7-,8?/m0/s1. The molecule has 0 heterocycles. The summed E-state index contributed by atoms with van der Waals surface area (Å²) in [6, 6.07) is -0.00931. The van der Waals surface area contributed by atoms with Crippen LogP contribution in [0.15, 0.2) is 0 Å². The Morgan fingerprint density at radius 3 is 2.10 bits per heavy atom. The monoisotopic (exact) mass is 145 g/mol. The zero-order valence-electron chi connectivity index (χ0n) is 7.01. The molecule has 0 fully saturated rings. The topological polar surface area (TPSA) is 46.2 Å². The minimum Gasteiger partial charge on any atom is -0.392 e. The molecule has 0 aromatic carbocycles. The summed E-state index contributed by atoms with van der Waals surface area (Å²) in [7, 11) is 0. The molecular formula is C8H19NO. The summed E-state index contributed by atoms with van der Waals surface area (Å²) in [4.78, 5) is 0. The van der Waals surface area contributed by atoms with Gasteiger partial charge >= 0.3 is 0 Å². The number of rotatable bonds is 5. The van der Waals surface area contributed by atoms with Crippen molar-refractivity contribution in [1.29, 1.82) is 0 Å². The molecule has 0 radical (unpaired) electrons. The van der Waals surface area contributed by atoms with Crippen LogP contribution in [0.25, 0.3) is 0 Å². The third-order valence-electron chi connectivity index (χ3n) is 1.70. The molecule has 0 aromatic rings. The lowest BCUT2D eigenvalue weighted by atomic mass is 10.0. The van der Waals surface area contributed by atoms with Crippen molar-refractivity contribution in [2.24, 2.45) is 5.73 Å². The molecule has 0 spiro atoms. The van der Waals surface area contributed by atoms with E-state index in [1.807, 2.05) is 0 Å². The van der Waals surface area contributed by atoms with E-state index in [1.165, 1.54) is 0 Å².